The van der Waals surface area contributed by atoms with Crippen molar-refractivity contribution in [3.63, 3.8) is 0 Å². The van der Waals surface area contributed by atoms with Crippen LogP contribution in [0.2, 0.25) is 0 Å². The number of aromatic nitrogens is 2. The highest BCUT2D eigenvalue weighted by molar-refractivity contribution is 5.92. The summed E-state index contributed by atoms with van der Waals surface area (Å²) in [6.07, 6.45) is 0.995. The lowest BCUT2D eigenvalue weighted by Gasteiger charge is -2.15. The highest BCUT2D eigenvalue weighted by Crippen LogP contribution is 2.28. The number of anilines is 1. The molecule has 1 fully saturated rings. The van der Waals surface area contributed by atoms with Crippen molar-refractivity contribution >= 4 is 11.8 Å². The van der Waals surface area contributed by atoms with Crippen molar-refractivity contribution < 1.29 is 18.3 Å². The Balaban J connectivity index is 0.000000202. The number of nitrogens with two attached hydrogens (primary N) is 1. The van der Waals surface area contributed by atoms with E-state index >= 15 is 0 Å². The number of methoxy groups -OCH3 is 1. The van der Waals surface area contributed by atoms with E-state index in [1.807, 2.05) is 37.3 Å². The number of hydrogen-bond acceptors (Lipinski definition) is 4. The quantitative estimate of drug-likeness (QED) is 0.515. The van der Waals surface area contributed by atoms with E-state index in [4.69, 9.17) is 10.5 Å². The van der Waals surface area contributed by atoms with Crippen LogP contribution in [-0.4, -0.2) is 53.6 Å². The molecule has 1 aliphatic heterocycles. The van der Waals surface area contributed by atoms with E-state index in [9.17, 15) is 18.4 Å². The van der Waals surface area contributed by atoms with Crippen LogP contribution in [0.4, 0.5) is 19.4 Å². The minimum Gasteiger partial charge on any atom is -0.383 e. The summed E-state index contributed by atoms with van der Waals surface area (Å²) < 4.78 is 34.1. The summed E-state index contributed by atoms with van der Waals surface area (Å²) in [4.78, 5) is 25.8. The molecule has 8 nitrogen and oxygen atoms in total. The van der Waals surface area contributed by atoms with E-state index in [0.717, 1.165) is 37.2 Å². The zero-order chi connectivity index (χ0) is 26.2. The number of amides is 2. The molecule has 0 spiro atoms. The number of primary amides is 1. The number of rotatable bonds is 7. The zero-order valence-electron chi connectivity index (χ0n) is 20.8. The standard InChI is InChI=1S/C13H17F2NO.C13H16N4O2/c1-17-7-6-16-5-4-11(9-16)10-2-3-12(14)13(15)8-10;1-3-17-12(18)10(9-7-5-4-6-8-9)11(16(17)2)15-13(14)19/h2-3,8,11H,4-7,9H2,1H3;4-8H,3H2,1-2H3,(H3,14,15,19). The van der Waals surface area contributed by atoms with Gasteiger partial charge in [0, 0.05) is 33.8 Å². The second-order valence-corrected chi connectivity index (χ2v) is 8.58. The van der Waals surface area contributed by atoms with E-state index in [-0.39, 0.29) is 5.56 Å². The third kappa shape index (κ3) is 6.38. The first-order valence-electron chi connectivity index (χ1n) is 11.8. The summed E-state index contributed by atoms with van der Waals surface area (Å²) in [6, 6.07) is 12.7. The van der Waals surface area contributed by atoms with Gasteiger partial charge < -0.3 is 15.4 Å². The normalized spacial score (nSPS) is 15.4. The number of likely N-dealkylation sites (tertiary alicyclic amines) is 1. The number of urea groups is 1. The summed E-state index contributed by atoms with van der Waals surface area (Å²) in [5.41, 5.74) is 7.10. The maximum absolute atomic E-state index is 13.1. The molecular weight excluding hydrogens is 468 g/mol. The first-order chi connectivity index (χ1) is 17.3. The van der Waals surface area contributed by atoms with E-state index in [1.54, 1.807) is 24.9 Å². The van der Waals surface area contributed by atoms with Crippen LogP contribution in [0.15, 0.2) is 53.3 Å². The molecule has 2 heterocycles. The second kappa shape index (κ2) is 12.5. The third-order valence-corrected chi connectivity index (χ3v) is 6.27. The number of nitrogens with zero attached hydrogens (tertiary/aromatic N) is 3. The molecule has 0 saturated carbocycles. The van der Waals surface area contributed by atoms with Crippen molar-refractivity contribution in [2.45, 2.75) is 25.8 Å². The lowest BCUT2D eigenvalue weighted by molar-refractivity contribution is 0.160. The SMILES string of the molecule is CCn1c(=O)c(-c2ccccc2)c(NC(N)=O)n1C.COCCN1CCC(c2ccc(F)c(F)c2)C1. The molecule has 10 heteroatoms. The van der Waals surface area contributed by atoms with E-state index in [2.05, 4.69) is 10.2 Å². The predicted octanol–water partition coefficient (Wildman–Crippen LogP) is 3.76. The van der Waals surface area contributed by atoms with Crippen molar-refractivity contribution in [1.29, 1.82) is 0 Å². The molecule has 2 aromatic carbocycles. The van der Waals surface area contributed by atoms with E-state index < -0.39 is 17.7 Å². The minimum absolute atomic E-state index is 0.153. The van der Waals surface area contributed by atoms with Crippen LogP contribution in [0.3, 0.4) is 0 Å². The fourth-order valence-electron chi connectivity index (χ4n) is 4.42. The molecule has 1 aliphatic rings. The predicted molar refractivity (Wildman–Crippen MR) is 136 cm³/mol. The number of halogens is 2. The van der Waals surface area contributed by atoms with Crippen LogP contribution in [0, 0.1) is 11.6 Å². The average molecular weight is 502 g/mol. The number of carbonyl (C=O) groups excluding carboxylic acids is 1. The fourth-order valence-corrected chi connectivity index (χ4v) is 4.42. The smallest absolute Gasteiger partial charge is 0.317 e. The van der Waals surface area contributed by atoms with Gasteiger partial charge in [-0.25, -0.2) is 18.3 Å². The molecule has 3 aromatic rings. The van der Waals surface area contributed by atoms with Gasteiger partial charge in [0.05, 0.1) is 12.2 Å². The van der Waals surface area contributed by atoms with Crippen LogP contribution in [0.25, 0.3) is 11.1 Å². The van der Waals surface area contributed by atoms with Gasteiger partial charge in [-0.15, -0.1) is 0 Å². The van der Waals surface area contributed by atoms with Gasteiger partial charge in [-0.1, -0.05) is 36.4 Å². The Morgan fingerprint density at radius 2 is 1.89 bits per heavy atom. The van der Waals surface area contributed by atoms with Crippen molar-refractivity contribution in [2.24, 2.45) is 12.8 Å². The molecule has 1 saturated heterocycles. The zero-order valence-corrected chi connectivity index (χ0v) is 20.8. The molecule has 1 atom stereocenters. The van der Waals surface area contributed by atoms with Gasteiger partial charge in [-0.3, -0.25) is 14.8 Å². The summed E-state index contributed by atoms with van der Waals surface area (Å²) in [6.45, 7) is 5.88. The first-order valence-corrected chi connectivity index (χ1v) is 11.8. The van der Waals surface area contributed by atoms with Gasteiger partial charge in [-0.05, 0) is 49.1 Å². The lowest BCUT2D eigenvalue weighted by Crippen LogP contribution is -2.24. The van der Waals surface area contributed by atoms with Crippen LogP contribution < -0.4 is 16.6 Å². The lowest BCUT2D eigenvalue weighted by atomic mass is 9.98. The number of benzene rings is 2. The highest BCUT2D eigenvalue weighted by Gasteiger charge is 2.24. The van der Waals surface area contributed by atoms with E-state index in [1.165, 1.54) is 16.8 Å². The summed E-state index contributed by atoms with van der Waals surface area (Å²) >= 11 is 0. The molecule has 0 bridgehead atoms. The van der Waals surface area contributed by atoms with Gasteiger partial charge in [0.1, 0.15) is 5.82 Å². The van der Waals surface area contributed by atoms with Gasteiger partial charge in [0.15, 0.2) is 11.6 Å². The Morgan fingerprint density at radius 1 is 1.17 bits per heavy atom. The Hall–Kier alpha value is -3.50. The number of hydrogen-bond donors (Lipinski definition) is 2. The molecule has 1 unspecified atom stereocenters. The number of ether oxygens (including phenoxy) is 1. The number of nitrogens with one attached hydrogen (secondary N) is 1. The molecule has 4 rings (SSSR count). The first kappa shape index (κ1) is 27.1. The van der Waals surface area contributed by atoms with Crippen LogP contribution in [-0.2, 0) is 18.3 Å². The Morgan fingerprint density at radius 3 is 2.50 bits per heavy atom. The fraction of sp³-hybridized carbons (Fsp3) is 0.385. The van der Waals surface area contributed by atoms with Crippen LogP contribution >= 0.6 is 0 Å². The Bertz CT molecular complexity index is 1230. The van der Waals surface area contributed by atoms with Crippen molar-refractivity contribution in [1.82, 2.24) is 14.3 Å². The molecule has 0 aliphatic carbocycles. The van der Waals surface area contributed by atoms with Crippen molar-refractivity contribution in [2.75, 3.05) is 38.7 Å². The maximum Gasteiger partial charge on any atom is 0.317 e. The minimum atomic E-state index is -0.775. The summed E-state index contributed by atoms with van der Waals surface area (Å²) in [5, 5.41) is 2.52. The number of carbonyl (C=O) groups is 1. The Kier molecular flexibility index (Phi) is 9.38. The van der Waals surface area contributed by atoms with E-state index in [0.29, 0.717) is 30.5 Å². The maximum atomic E-state index is 13.1. The average Bonchev–Trinajstić information content (AvgIpc) is 3.42. The van der Waals surface area contributed by atoms with Crippen LogP contribution in [0.1, 0.15) is 24.8 Å². The highest BCUT2D eigenvalue weighted by atomic mass is 19.2. The Labute approximate surface area is 209 Å². The molecule has 36 heavy (non-hydrogen) atoms. The third-order valence-electron chi connectivity index (χ3n) is 6.27. The monoisotopic (exact) mass is 501 g/mol. The molecule has 194 valence electrons. The van der Waals surface area contributed by atoms with Gasteiger partial charge in [0.25, 0.3) is 5.56 Å². The summed E-state index contributed by atoms with van der Waals surface area (Å²) in [5.74, 6) is -0.812. The summed E-state index contributed by atoms with van der Waals surface area (Å²) in [7, 11) is 3.39. The molecule has 3 N–H and O–H groups in total. The largest absolute Gasteiger partial charge is 0.383 e. The van der Waals surface area contributed by atoms with Crippen molar-refractivity contribution in [3.8, 4) is 11.1 Å². The van der Waals surface area contributed by atoms with Gasteiger partial charge >= 0.3 is 6.03 Å². The van der Waals surface area contributed by atoms with Crippen LogP contribution in [0.5, 0.6) is 0 Å². The molecule has 0 radical (unpaired) electrons. The van der Waals surface area contributed by atoms with Crippen molar-refractivity contribution in [3.05, 3.63) is 76.1 Å². The topological polar surface area (TPSA) is 94.5 Å². The molecule has 2 amide bonds. The van der Waals surface area contributed by atoms with Gasteiger partial charge in [0.2, 0.25) is 0 Å². The second-order valence-electron chi connectivity index (χ2n) is 8.58. The molecule has 1 aromatic heterocycles. The van der Waals surface area contributed by atoms with Gasteiger partial charge in [-0.2, -0.15) is 0 Å². The molecular formula is C26H33F2N5O3.